The van der Waals surface area contributed by atoms with Crippen LogP contribution in [0.4, 0.5) is 15.9 Å². The molecular weight excluding hydrogens is 237 g/mol. The van der Waals surface area contributed by atoms with Gasteiger partial charge in [-0.15, -0.1) is 0 Å². The van der Waals surface area contributed by atoms with Crippen LogP contribution in [0.3, 0.4) is 0 Å². The van der Waals surface area contributed by atoms with Crippen molar-refractivity contribution in [2.24, 2.45) is 0 Å². The Morgan fingerprint density at radius 2 is 2.33 bits per heavy atom. The SMILES string of the molecule is CCn1cc(N)c(C(=O)Nc2cccc(F)n2)n1. The molecule has 0 atom stereocenters. The van der Waals surface area contributed by atoms with E-state index in [-0.39, 0.29) is 17.2 Å². The maximum Gasteiger partial charge on any atom is 0.279 e. The topological polar surface area (TPSA) is 85.8 Å². The molecule has 18 heavy (non-hydrogen) atoms. The highest BCUT2D eigenvalue weighted by Crippen LogP contribution is 2.12. The lowest BCUT2D eigenvalue weighted by molar-refractivity contribution is 0.102. The molecule has 0 radical (unpaired) electrons. The monoisotopic (exact) mass is 249 g/mol. The van der Waals surface area contributed by atoms with Crippen LogP contribution in [-0.4, -0.2) is 20.7 Å². The summed E-state index contributed by atoms with van der Waals surface area (Å²) in [6, 6.07) is 4.12. The van der Waals surface area contributed by atoms with Crippen LogP contribution in [0, 0.1) is 5.95 Å². The Bertz CT molecular complexity index is 581. The number of nitrogens with two attached hydrogens (primary N) is 1. The maximum atomic E-state index is 12.9. The highest BCUT2D eigenvalue weighted by atomic mass is 19.1. The summed E-state index contributed by atoms with van der Waals surface area (Å²) in [6.45, 7) is 2.48. The molecule has 7 heteroatoms. The average Bonchev–Trinajstić information content (AvgIpc) is 2.70. The Morgan fingerprint density at radius 1 is 1.56 bits per heavy atom. The number of nitrogen functional groups attached to an aromatic ring is 1. The maximum absolute atomic E-state index is 12.9. The van der Waals surface area contributed by atoms with Crippen molar-refractivity contribution in [2.45, 2.75) is 13.5 Å². The molecule has 0 aliphatic carbocycles. The zero-order valence-electron chi connectivity index (χ0n) is 9.72. The first-order valence-electron chi connectivity index (χ1n) is 5.37. The molecule has 0 aliphatic rings. The van der Waals surface area contributed by atoms with Gasteiger partial charge in [-0.05, 0) is 19.1 Å². The van der Waals surface area contributed by atoms with E-state index < -0.39 is 11.9 Å². The van der Waals surface area contributed by atoms with E-state index in [0.717, 1.165) is 0 Å². The third-order valence-electron chi connectivity index (χ3n) is 2.29. The molecule has 0 spiro atoms. The minimum atomic E-state index is -0.667. The summed E-state index contributed by atoms with van der Waals surface area (Å²) in [7, 11) is 0. The van der Waals surface area contributed by atoms with Crippen LogP contribution in [0.25, 0.3) is 0 Å². The third-order valence-corrected chi connectivity index (χ3v) is 2.29. The van der Waals surface area contributed by atoms with E-state index in [4.69, 9.17) is 5.73 Å². The molecular formula is C11H12FN5O. The summed E-state index contributed by atoms with van der Waals surface area (Å²) in [5, 5.41) is 6.44. The zero-order chi connectivity index (χ0) is 13.1. The summed E-state index contributed by atoms with van der Waals surface area (Å²) >= 11 is 0. The van der Waals surface area contributed by atoms with Gasteiger partial charge in [0.25, 0.3) is 5.91 Å². The largest absolute Gasteiger partial charge is 0.396 e. The van der Waals surface area contributed by atoms with Crippen LogP contribution in [0.2, 0.25) is 0 Å². The van der Waals surface area contributed by atoms with E-state index >= 15 is 0 Å². The minimum absolute atomic E-state index is 0.0999. The first-order valence-corrected chi connectivity index (χ1v) is 5.37. The van der Waals surface area contributed by atoms with E-state index in [1.807, 2.05) is 6.92 Å². The van der Waals surface area contributed by atoms with Gasteiger partial charge in [0.15, 0.2) is 5.69 Å². The van der Waals surface area contributed by atoms with Crippen molar-refractivity contribution in [3.63, 3.8) is 0 Å². The van der Waals surface area contributed by atoms with Crippen molar-refractivity contribution in [3.8, 4) is 0 Å². The van der Waals surface area contributed by atoms with Crippen molar-refractivity contribution in [1.82, 2.24) is 14.8 Å². The Labute approximate surface area is 103 Å². The molecule has 3 N–H and O–H groups in total. The molecule has 0 bridgehead atoms. The third kappa shape index (κ3) is 2.45. The number of carbonyl (C=O) groups excluding carboxylic acids is 1. The quantitative estimate of drug-likeness (QED) is 0.802. The van der Waals surface area contributed by atoms with Gasteiger partial charge in [-0.3, -0.25) is 9.48 Å². The number of hydrogen-bond acceptors (Lipinski definition) is 4. The second kappa shape index (κ2) is 4.82. The van der Waals surface area contributed by atoms with Gasteiger partial charge in [-0.2, -0.15) is 9.49 Å². The molecule has 6 nitrogen and oxygen atoms in total. The Hall–Kier alpha value is -2.44. The molecule has 0 saturated carbocycles. The van der Waals surface area contributed by atoms with Crippen LogP contribution < -0.4 is 11.1 Å². The molecule has 2 heterocycles. The number of hydrogen-bond donors (Lipinski definition) is 2. The van der Waals surface area contributed by atoms with E-state index in [9.17, 15) is 9.18 Å². The Balaban J connectivity index is 2.19. The number of halogens is 1. The number of nitrogens with zero attached hydrogens (tertiary/aromatic N) is 3. The Kier molecular flexibility index (Phi) is 3.22. The van der Waals surface area contributed by atoms with Crippen molar-refractivity contribution in [1.29, 1.82) is 0 Å². The fourth-order valence-electron chi connectivity index (χ4n) is 1.43. The van der Waals surface area contributed by atoms with Crippen molar-refractivity contribution >= 4 is 17.4 Å². The summed E-state index contributed by atoms with van der Waals surface area (Å²) in [4.78, 5) is 15.4. The Morgan fingerprint density at radius 3 is 2.94 bits per heavy atom. The van der Waals surface area contributed by atoms with Crippen LogP contribution in [0.15, 0.2) is 24.4 Å². The molecule has 0 unspecified atom stereocenters. The van der Waals surface area contributed by atoms with Gasteiger partial charge in [0.05, 0.1) is 5.69 Å². The molecule has 2 aromatic heterocycles. The molecule has 0 saturated heterocycles. The fourth-order valence-corrected chi connectivity index (χ4v) is 1.43. The zero-order valence-corrected chi connectivity index (χ0v) is 9.72. The van der Waals surface area contributed by atoms with Crippen LogP contribution >= 0.6 is 0 Å². The van der Waals surface area contributed by atoms with Gasteiger partial charge in [-0.25, -0.2) is 4.98 Å². The van der Waals surface area contributed by atoms with Gasteiger partial charge in [0.1, 0.15) is 5.82 Å². The van der Waals surface area contributed by atoms with Crippen molar-refractivity contribution in [3.05, 3.63) is 36.0 Å². The highest BCUT2D eigenvalue weighted by Gasteiger charge is 2.15. The van der Waals surface area contributed by atoms with Gasteiger partial charge in [0, 0.05) is 12.7 Å². The van der Waals surface area contributed by atoms with Gasteiger partial charge in [-0.1, -0.05) is 6.07 Å². The van der Waals surface area contributed by atoms with Gasteiger partial charge in [0.2, 0.25) is 5.95 Å². The lowest BCUT2D eigenvalue weighted by Crippen LogP contribution is -2.15. The van der Waals surface area contributed by atoms with Crippen LogP contribution in [0.1, 0.15) is 17.4 Å². The predicted molar refractivity (Wildman–Crippen MR) is 64.5 cm³/mol. The number of rotatable bonds is 3. The minimum Gasteiger partial charge on any atom is -0.396 e. The van der Waals surface area contributed by atoms with Crippen LogP contribution in [0.5, 0.6) is 0 Å². The number of carbonyl (C=O) groups is 1. The summed E-state index contributed by atoms with van der Waals surface area (Å²) in [6.07, 6.45) is 1.56. The normalized spacial score (nSPS) is 10.3. The molecule has 2 aromatic rings. The second-order valence-electron chi connectivity index (χ2n) is 3.59. The van der Waals surface area contributed by atoms with Crippen molar-refractivity contribution in [2.75, 3.05) is 11.1 Å². The molecule has 0 fully saturated rings. The molecule has 1 amide bonds. The fraction of sp³-hybridized carbons (Fsp3) is 0.182. The molecule has 0 aromatic carbocycles. The summed E-state index contributed by atoms with van der Waals surface area (Å²) in [5.74, 6) is -1.07. The van der Waals surface area contributed by atoms with Crippen molar-refractivity contribution < 1.29 is 9.18 Å². The predicted octanol–water partition coefficient (Wildman–Crippen LogP) is 1.27. The summed E-state index contributed by atoms with van der Waals surface area (Å²) < 4.78 is 14.4. The average molecular weight is 249 g/mol. The lowest BCUT2D eigenvalue weighted by Gasteiger charge is -2.02. The first kappa shape index (κ1) is 12.0. The smallest absolute Gasteiger partial charge is 0.279 e. The summed E-state index contributed by atoms with van der Waals surface area (Å²) in [5.41, 5.74) is 6.03. The lowest BCUT2D eigenvalue weighted by atomic mass is 10.3. The van der Waals surface area contributed by atoms with E-state index in [1.54, 1.807) is 10.9 Å². The van der Waals surface area contributed by atoms with E-state index in [0.29, 0.717) is 6.54 Å². The van der Waals surface area contributed by atoms with Crippen LogP contribution in [-0.2, 0) is 6.54 Å². The molecule has 0 aliphatic heterocycles. The van der Waals surface area contributed by atoms with Gasteiger partial charge < -0.3 is 11.1 Å². The number of nitrogens with one attached hydrogen (secondary N) is 1. The number of aromatic nitrogens is 3. The number of amides is 1. The molecule has 2 rings (SSSR count). The number of aryl methyl sites for hydroxylation is 1. The standard InChI is InChI=1S/C11H12FN5O/c1-2-17-6-7(13)10(16-17)11(18)15-9-5-3-4-8(12)14-9/h3-6H,2,13H2,1H3,(H,14,15,18). The highest BCUT2D eigenvalue weighted by molar-refractivity contribution is 6.05. The first-order chi connectivity index (χ1) is 8.60. The van der Waals surface area contributed by atoms with E-state index in [1.165, 1.54) is 18.2 Å². The number of pyridine rings is 1. The van der Waals surface area contributed by atoms with E-state index in [2.05, 4.69) is 15.4 Å². The van der Waals surface area contributed by atoms with Gasteiger partial charge >= 0.3 is 0 Å². The molecule has 94 valence electrons. The second-order valence-corrected chi connectivity index (χ2v) is 3.59. The number of anilines is 2.